The number of fused-ring (bicyclic) bond motifs is 1. The number of pyridine rings is 1. The molecule has 144 valence electrons. The van der Waals surface area contributed by atoms with Crippen molar-refractivity contribution in [2.75, 3.05) is 13.1 Å². The van der Waals surface area contributed by atoms with Gasteiger partial charge in [-0.15, -0.1) is 0 Å². The molecule has 0 aliphatic carbocycles. The number of carbonyl (C=O) groups is 1. The molecule has 1 amide bonds. The summed E-state index contributed by atoms with van der Waals surface area (Å²) in [6.45, 7) is 2.45. The fourth-order valence-corrected chi connectivity index (χ4v) is 4.09. The van der Waals surface area contributed by atoms with Crippen LogP contribution in [0.4, 0.5) is 4.79 Å². The van der Waals surface area contributed by atoms with E-state index in [2.05, 4.69) is 33.4 Å². The Kier molecular flexibility index (Phi) is 5.46. The Morgan fingerprint density at radius 2 is 1.93 bits per heavy atom. The molecule has 0 spiro atoms. The molecule has 28 heavy (non-hydrogen) atoms. The summed E-state index contributed by atoms with van der Waals surface area (Å²) in [5, 5.41) is 14.4. The van der Waals surface area contributed by atoms with Crippen molar-refractivity contribution in [1.82, 2.24) is 15.2 Å². The molecule has 0 saturated carbocycles. The minimum absolute atomic E-state index is 0.0385. The zero-order chi connectivity index (χ0) is 19.5. The lowest BCUT2D eigenvalue weighted by Crippen LogP contribution is -2.43. The highest BCUT2D eigenvalue weighted by atomic mass is 35.5. The summed E-state index contributed by atoms with van der Waals surface area (Å²) >= 11 is 6.57. The largest absolute Gasteiger partial charge is 0.465 e. The first-order chi connectivity index (χ1) is 13.6. The minimum atomic E-state index is -0.946. The number of amides is 1. The highest BCUT2D eigenvalue weighted by Crippen LogP contribution is 2.32. The molecule has 0 radical (unpaired) electrons. The van der Waals surface area contributed by atoms with Crippen molar-refractivity contribution in [3.05, 3.63) is 65.4 Å². The molecule has 1 saturated heterocycles. The summed E-state index contributed by atoms with van der Waals surface area (Å²) < 4.78 is 0. The monoisotopic (exact) mass is 395 g/mol. The zero-order valence-corrected chi connectivity index (χ0v) is 16.2. The third kappa shape index (κ3) is 4.11. The summed E-state index contributed by atoms with van der Waals surface area (Å²) in [5.41, 5.74) is 3.32. The SMILES string of the molecule is O=C(O)NC1CCN(Cc2cc3c(-c4ccccc4)cncc3cc2Cl)CC1. The molecule has 3 aromatic rings. The number of carboxylic acid groups (broad SMARTS) is 1. The molecule has 2 heterocycles. The Labute approximate surface area is 169 Å². The van der Waals surface area contributed by atoms with Crippen LogP contribution in [0.25, 0.3) is 21.9 Å². The average molecular weight is 396 g/mol. The van der Waals surface area contributed by atoms with Crippen LogP contribution in [0.5, 0.6) is 0 Å². The number of benzene rings is 2. The van der Waals surface area contributed by atoms with Gasteiger partial charge >= 0.3 is 6.09 Å². The molecule has 1 aliphatic rings. The van der Waals surface area contributed by atoms with E-state index in [1.54, 1.807) is 0 Å². The Morgan fingerprint density at radius 1 is 1.18 bits per heavy atom. The number of piperidine rings is 1. The number of nitrogens with one attached hydrogen (secondary N) is 1. The predicted molar refractivity (Wildman–Crippen MR) is 112 cm³/mol. The number of likely N-dealkylation sites (tertiary alicyclic amines) is 1. The first kappa shape index (κ1) is 18.7. The van der Waals surface area contributed by atoms with Gasteiger partial charge in [0, 0.05) is 54.0 Å². The number of halogens is 1. The summed E-state index contributed by atoms with van der Waals surface area (Å²) in [6, 6.07) is 14.4. The second-order valence-corrected chi connectivity index (χ2v) is 7.62. The molecule has 1 aromatic heterocycles. The smallest absolute Gasteiger partial charge is 0.404 e. The molecule has 2 N–H and O–H groups in total. The molecule has 2 aromatic carbocycles. The van der Waals surface area contributed by atoms with Crippen molar-refractivity contribution in [3.8, 4) is 11.1 Å². The highest BCUT2D eigenvalue weighted by Gasteiger charge is 2.21. The first-order valence-electron chi connectivity index (χ1n) is 9.43. The second-order valence-electron chi connectivity index (χ2n) is 7.22. The third-order valence-electron chi connectivity index (χ3n) is 5.32. The van der Waals surface area contributed by atoms with Gasteiger partial charge in [-0.25, -0.2) is 4.79 Å². The van der Waals surface area contributed by atoms with E-state index in [1.165, 1.54) is 0 Å². The van der Waals surface area contributed by atoms with Crippen LogP contribution < -0.4 is 5.32 Å². The maximum Gasteiger partial charge on any atom is 0.404 e. The van der Waals surface area contributed by atoms with Gasteiger partial charge in [-0.05, 0) is 41.5 Å². The van der Waals surface area contributed by atoms with Gasteiger partial charge in [0.05, 0.1) is 0 Å². The Hall–Kier alpha value is -2.63. The summed E-state index contributed by atoms with van der Waals surface area (Å²) in [7, 11) is 0. The van der Waals surface area contributed by atoms with E-state index in [4.69, 9.17) is 16.7 Å². The van der Waals surface area contributed by atoms with Crippen molar-refractivity contribution in [2.45, 2.75) is 25.4 Å². The average Bonchev–Trinajstić information content (AvgIpc) is 2.70. The second kappa shape index (κ2) is 8.17. The molecule has 5 nitrogen and oxygen atoms in total. The van der Waals surface area contributed by atoms with E-state index in [-0.39, 0.29) is 6.04 Å². The molecule has 1 aliphatic heterocycles. The summed E-state index contributed by atoms with van der Waals surface area (Å²) in [4.78, 5) is 17.5. The van der Waals surface area contributed by atoms with Crippen LogP contribution in [0.15, 0.2) is 54.9 Å². The van der Waals surface area contributed by atoms with Crippen LogP contribution >= 0.6 is 11.6 Å². The number of aromatic nitrogens is 1. The van der Waals surface area contributed by atoms with Gasteiger partial charge in [-0.2, -0.15) is 0 Å². The van der Waals surface area contributed by atoms with E-state index in [0.29, 0.717) is 0 Å². The molecular formula is C22H22ClN3O2. The molecule has 1 fully saturated rings. The van der Waals surface area contributed by atoms with Gasteiger partial charge in [0.15, 0.2) is 0 Å². The highest BCUT2D eigenvalue weighted by molar-refractivity contribution is 6.32. The quantitative estimate of drug-likeness (QED) is 0.666. The van der Waals surface area contributed by atoms with Crippen molar-refractivity contribution >= 4 is 28.5 Å². The van der Waals surface area contributed by atoms with Crippen molar-refractivity contribution in [3.63, 3.8) is 0 Å². The van der Waals surface area contributed by atoms with Gasteiger partial charge in [0.25, 0.3) is 0 Å². The normalized spacial score (nSPS) is 15.6. The van der Waals surface area contributed by atoms with Gasteiger partial charge in [0.2, 0.25) is 0 Å². The van der Waals surface area contributed by atoms with Gasteiger partial charge in [-0.3, -0.25) is 9.88 Å². The van der Waals surface area contributed by atoms with Crippen molar-refractivity contribution < 1.29 is 9.90 Å². The fourth-order valence-electron chi connectivity index (χ4n) is 3.86. The minimum Gasteiger partial charge on any atom is -0.465 e. The van der Waals surface area contributed by atoms with Gasteiger partial charge in [0.1, 0.15) is 0 Å². The standard InChI is InChI=1S/C22H22ClN3O2/c23-21-11-16-12-24-13-20(15-4-2-1-3-5-15)19(16)10-17(21)14-26-8-6-18(7-9-26)25-22(27)28/h1-5,10-13,18,25H,6-9,14H2,(H,27,28). The zero-order valence-electron chi connectivity index (χ0n) is 15.4. The maximum atomic E-state index is 10.8. The summed E-state index contributed by atoms with van der Waals surface area (Å²) in [5.74, 6) is 0. The van der Waals surface area contributed by atoms with E-state index in [9.17, 15) is 4.79 Å². The Morgan fingerprint density at radius 3 is 2.64 bits per heavy atom. The molecular weight excluding hydrogens is 374 g/mol. The molecule has 0 bridgehead atoms. The van der Waals surface area contributed by atoms with Gasteiger partial charge < -0.3 is 10.4 Å². The lowest BCUT2D eigenvalue weighted by molar-refractivity contribution is 0.165. The summed E-state index contributed by atoms with van der Waals surface area (Å²) in [6.07, 6.45) is 4.44. The lowest BCUT2D eigenvalue weighted by Gasteiger charge is -2.32. The number of hydrogen-bond acceptors (Lipinski definition) is 3. The topological polar surface area (TPSA) is 65.5 Å². The van der Waals surface area contributed by atoms with Crippen molar-refractivity contribution in [2.24, 2.45) is 0 Å². The Bertz CT molecular complexity index is 986. The molecule has 0 unspecified atom stereocenters. The predicted octanol–water partition coefficient (Wildman–Crippen LogP) is 4.79. The molecule has 0 atom stereocenters. The van der Waals surface area contributed by atoms with Crippen LogP contribution in [0.1, 0.15) is 18.4 Å². The van der Waals surface area contributed by atoms with Crippen LogP contribution in [-0.4, -0.2) is 40.2 Å². The number of rotatable bonds is 4. The maximum absolute atomic E-state index is 10.8. The lowest BCUT2D eigenvalue weighted by atomic mass is 9.98. The molecule has 4 rings (SSSR count). The first-order valence-corrected chi connectivity index (χ1v) is 9.81. The van der Waals surface area contributed by atoms with E-state index in [1.807, 2.05) is 36.7 Å². The van der Waals surface area contributed by atoms with Crippen molar-refractivity contribution in [1.29, 1.82) is 0 Å². The van der Waals surface area contributed by atoms with E-state index in [0.717, 1.165) is 65.0 Å². The van der Waals surface area contributed by atoms with Crippen LogP contribution in [0.3, 0.4) is 0 Å². The van der Waals surface area contributed by atoms with Crippen LogP contribution in [0, 0.1) is 0 Å². The van der Waals surface area contributed by atoms with Crippen LogP contribution in [0.2, 0.25) is 5.02 Å². The van der Waals surface area contributed by atoms with E-state index >= 15 is 0 Å². The van der Waals surface area contributed by atoms with Crippen LogP contribution in [-0.2, 0) is 6.54 Å². The number of nitrogens with zero attached hydrogens (tertiary/aromatic N) is 2. The fraction of sp³-hybridized carbons (Fsp3) is 0.273. The third-order valence-corrected chi connectivity index (χ3v) is 5.67. The molecule has 6 heteroatoms. The Balaban J connectivity index is 1.58. The van der Waals surface area contributed by atoms with E-state index < -0.39 is 6.09 Å². The van der Waals surface area contributed by atoms with Gasteiger partial charge in [-0.1, -0.05) is 41.9 Å². The number of hydrogen-bond donors (Lipinski definition) is 2.